The van der Waals surface area contributed by atoms with E-state index in [4.69, 9.17) is 9.47 Å². The van der Waals surface area contributed by atoms with Gasteiger partial charge < -0.3 is 9.47 Å². The van der Waals surface area contributed by atoms with Gasteiger partial charge in [0.05, 0.1) is 21.2 Å². The maximum Gasteiger partial charge on any atom is 0.236 e. The summed E-state index contributed by atoms with van der Waals surface area (Å²) in [6.07, 6.45) is 5.11. The van der Waals surface area contributed by atoms with Gasteiger partial charge in [0.25, 0.3) is 0 Å². The Morgan fingerprint density at radius 2 is 0.463 bits per heavy atom. The molecule has 0 unspecified atom stereocenters. The van der Waals surface area contributed by atoms with E-state index in [1.165, 1.54) is 79.0 Å². The van der Waals surface area contributed by atoms with E-state index in [0.29, 0.717) is 0 Å². The molecule has 0 bridgehead atoms. The van der Waals surface area contributed by atoms with Crippen molar-refractivity contribution in [1.82, 2.24) is 0 Å². The molecule has 400 valence electrons. The first-order valence-electron chi connectivity index (χ1n) is 29.0. The molecule has 0 aliphatic carbocycles. The van der Waals surface area contributed by atoms with Gasteiger partial charge in [-0.05, 0) is 108 Å². The predicted molar refractivity (Wildman–Crippen MR) is 360 cm³/mol. The Morgan fingerprint density at radius 3 is 0.662 bits per heavy atom. The van der Waals surface area contributed by atoms with E-state index >= 15 is 0 Å². The van der Waals surface area contributed by atoms with Crippen LogP contribution >= 0.6 is 30.1 Å². The van der Waals surface area contributed by atoms with Crippen LogP contribution in [0.15, 0.2) is 303 Å². The zero-order valence-electron chi connectivity index (χ0n) is 46.1. The molecule has 0 radical (unpaired) electrons. The van der Waals surface area contributed by atoms with Crippen molar-refractivity contribution in [1.29, 1.82) is 0 Å². The lowest BCUT2D eigenvalue weighted by Crippen LogP contribution is -2.76. The van der Waals surface area contributed by atoms with E-state index in [2.05, 4.69) is 303 Å². The van der Waals surface area contributed by atoms with Crippen LogP contribution < -0.4 is 53.4 Å². The molecule has 3 heterocycles. The summed E-state index contributed by atoms with van der Waals surface area (Å²) in [6, 6.07) is 123. The third-order valence-electron chi connectivity index (χ3n) is 17.5. The second-order valence-electron chi connectivity index (χ2n) is 21.9. The quantitative estimate of drug-likeness (QED) is 0.0798. The van der Waals surface area contributed by atoms with Crippen molar-refractivity contribution in [2.45, 2.75) is 25.7 Å². The van der Waals surface area contributed by atoms with Gasteiger partial charge in [-0.25, -0.2) is 0 Å². The fourth-order valence-electron chi connectivity index (χ4n) is 14.0. The van der Waals surface area contributed by atoms with Crippen LogP contribution in [0.25, 0.3) is 0 Å². The number of rotatable bonds is 14. The first-order chi connectivity index (χ1) is 39.7. The lowest BCUT2D eigenvalue weighted by molar-refractivity contribution is 0.198. The molecular weight excluding hydrogens is 1040 g/mol. The van der Waals surface area contributed by atoms with E-state index in [9.17, 15) is 0 Å². The average molecular weight is 1120 g/mol. The second kappa shape index (κ2) is 27.2. The Kier molecular flexibility index (Phi) is 19.0. The summed E-state index contributed by atoms with van der Waals surface area (Å²) in [4.78, 5) is 0. The van der Waals surface area contributed by atoms with Gasteiger partial charge in [0.2, 0.25) is 11.7 Å². The molecule has 3 fully saturated rings. The zero-order valence-corrected chi connectivity index (χ0v) is 49.7. The maximum atomic E-state index is 4.94. The highest BCUT2D eigenvalue weighted by atomic mass is 31.2. The molecule has 0 saturated carbocycles. The molecule has 3 saturated heterocycles. The highest BCUT2D eigenvalue weighted by Gasteiger charge is 2.73. The predicted octanol–water partition coefficient (Wildman–Crippen LogP) is 13.1. The summed E-state index contributed by atoms with van der Waals surface area (Å²) >= 11 is 0. The van der Waals surface area contributed by atoms with Gasteiger partial charge in [0.1, 0.15) is 0 Å². The van der Waals surface area contributed by atoms with Crippen molar-refractivity contribution >= 4 is 95.2 Å². The third kappa shape index (κ3) is 11.7. The van der Waals surface area contributed by atoms with Gasteiger partial charge in [-0.3, -0.25) is 0 Å². The lowest BCUT2D eigenvalue weighted by Gasteiger charge is -2.68. The summed E-state index contributed by atoms with van der Waals surface area (Å²) in [5.41, 5.74) is 3.06. The van der Waals surface area contributed by atoms with Gasteiger partial charge in [0, 0.05) is 26.4 Å². The first kappa shape index (κ1) is 55.9. The van der Waals surface area contributed by atoms with E-state index in [1.54, 1.807) is 0 Å². The molecule has 3 aliphatic heterocycles. The maximum absolute atomic E-state index is 4.94. The minimum Gasteiger partial charge on any atom is -0.381 e. The van der Waals surface area contributed by atoms with Gasteiger partial charge in [-0.1, -0.05) is 271 Å². The summed E-state index contributed by atoms with van der Waals surface area (Å²) in [7, 11) is -6.82. The van der Waals surface area contributed by atoms with Crippen LogP contribution in [0, 0.1) is 0 Å². The van der Waals surface area contributed by atoms with E-state index in [1.807, 2.05) is 0 Å². The van der Waals surface area contributed by atoms with Crippen LogP contribution in [-0.2, 0) is 9.47 Å². The van der Waals surface area contributed by atoms with Gasteiger partial charge in [-0.2, -0.15) is 10.9 Å². The molecule has 10 aromatic carbocycles. The average Bonchev–Trinajstić information content (AvgIpc) is 4.45. The van der Waals surface area contributed by atoms with E-state index in [0.717, 1.165) is 50.7 Å². The molecule has 3 aliphatic rings. The third-order valence-corrected chi connectivity index (χ3v) is 36.3. The van der Waals surface area contributed by atoms with Gasteiger partial charge in [0.15, 0.2) is 0 Å². The normalized spacial score (nSPS) is 19.0. The van der Waals surface area contributed by atoms with Crippen molar-refractivity contribution in [3.8, 4) is 0 Å². The molecule has 2 atom stereocenters. The van der Waals surface area contributed by atoms with Crippen LogP contribution in [0.2, 0.25) is 0 Å². The highest BCUT2D eigenvalue weighted by molar-refractivity contribution is 8.33. The molecular formula is C72H74B2O2P4. The van der Waals surface area contributed by atoms with E-state index < -0.39 is 41.9 Å². The smallest absolute Gasteiger partial charge is 0.236 e. The minimum atomic E-state index is -2.56. The summed E-state index contributed by atoms with van der Waals surface area (Å²) in [6.45, 7) is 4.00. The fourth-order valence-corrected chi connectivity index (χ4v) is 38.1. The molecule has 2 nitrogen and oxygen atoms in total. The molecule has 13 rings (SSSR count). The van der Waals surface area contributed by atoms with Crippen molar-refractivity contribution in [2.75, 3.05) is 50.7 Å². The Labute approximate surface area is 481 Å². The fraction of sp³-hybridized carbons (Fsp3) is 0.167. The van der Waals surface area contributed by atoms with Crippen LogP contribution in [0.3, 0.4) is 0 Å². The van der Waals surface area contributed by atoms with Gasteiger partial charge >= 0.3 is 0 Å². The van der Waals surface area contributed by atoms with Crippen LogP contribution in [0.5, 0.6) is 0 Å². The van der Waals surface area contributed by atoms with Crippen molar-refractivity contribution in [2.24, 2.45) is 0 Å². The van der Waals surface area contributed by atoms with E-state index in [-0.39, 0.29) is 0 Å². The number of hydrogen-bond acceptors (Lipinski definition) is 2. The second-order valence-corrected chi connectivity index (χ2v) is 34.6. The molecule has 80 heavy (non-hydrogen) atoms. The van der Waals surface area contributed by atoms with Gasteiger partial charge in [-0.15, -0.1) is 26.4 Å². The number of ether oxygens (including phenoxy) is 2. The zero-order chi connectivity index (χ0) is 54.2. The summed E-state index contributed by atoms with van der Waals surface area (Å²) in [5, 5.41) is 11.9. The Morgan fingerprint density at radius 1 is 0.263 bits per heavy atom. The standard InChI is InChI=1S/C64H58B2P4.2C4H8O/c1-11-31-55(32-12-1)65(51-67(57-35-15-3-16-36-57)58-37-17-4-18-38-58)53-70(63-47-27-9-28-48-63,64-49-29-10-30-50-64)66(56-33-13-2-14-34-56,52-68(59-39-19-5-20-40-59)60-41-21-6-22-42-60)54-69(65,61-43-23-7-24-44-61)62-45-25-8-26-46-62;2*1-2-4-5-3-1/h1-50H,51-54H2;2*1-4H2/t65-,66+;;. The SMILES string of the molecule is C1CCOC1.C1CCOC1.c1ccc(P(C[B@@-]2(c3ccccc3)C[P+](c3ccccc3)(c3ccccc3)[B@@-](CP(c3ccccc3)c3ccccc3)(c3ccccc3)C[P+]2(c2ccccc2)c2ccccc2)c2ccccc2)cc1. The Balaban J connectivity index is 0.000000610. The Bertz CT molecular complexity index is 2980. The molecule has 0 spiro atoms. The Hall–Kier alpha value is -6.03. The summed E-state index contributed by atoms with van der Waals surface area (Å²) in [5.74, 6) is -3.04. The van der Waals surface area contributed by atoms with Crippen molar-refractivity contribution in [3.63, 3.8) is 0 Å². The van der Waals surface area contributed by atoms with Crippen molar-refractivity contribution in [3.05, 3.63) is 303 Å². The number of benzene rings is 10. The number of hydrogen-bond donors (Lipinski definition) is 0. The molecule has 0 aromatic heterocycles. The molecule has 10 aromatic rings. The minimum absolute atomic E-state index is 0.854. The van der Waals surface area contributed by atoms with Crippen LogP contribution in [0.4, 0.5) is 0 Å². The van der Waals surface area contributed by atoms with Crippen LogP contribution in [0.1, 0.15) is 25.7 Å². The largest absolute Gasteiger partial charge is 0.381 e. The monoisotopic (exact) mass is 1120 g/mol. The topological polar surface area (TPSA) is 18.5 Å². The van der Waals surface area contributed by atoms with Crippen LogP contribution in [-0.4, -0.2) is 62.4 Å². The highest BCUT2D eigenvalue weighted by Crippen LogP contribution is 2.82. The summed E-state index contributed by atoms with van der Waals surface area (Å²) < 4.78 is 9.89. The molecule has 0 N–H and O–H groups in total. The lowest BCUT2D eigenvalue weighted by atomic mass is 9.43. The van der Waals surface area contributed by atoms with Crippen molar-refractivity contribution < 1.29 is 9.47 Å². The molecule has 0 amide bonds. The first-order valence-corrected chi connectivity index (χ1v) is 36.2. The molecule has 8 heteroatoms.